The van der Waals surface area contributed by atoms with Gasteiger partial charge < -0.3 is 15.2 Å². The minimum absolute atomic E-state index is 0.0244. The highest BCUT2D eigenvalue weighted by Gasteiger charge is 2.31. The van der Waals surface area contributed by atoms with Gasteiger partial charge in [0.1, 0.15) is 6.04 Å². The van der Waals surface area contributed by atoms with E-state index in [0.717, 1.165) is 35.4 Å². The molecule has 2 atom stereocenters. The topological polar surface area (TPSA) is 75.6 Å². The van der Waals surface area contributed by atoms with Crippen molar-refractivity contribution in [1.82, 2.24) is 5.32 Å². The van der Waals surface area contributed by atoms with E-state index in [1.54, 1.807) is 0 Å². The lowest BCUT2D eigenvalue weighted by molar-refractivity contribution is -0.146. The van der Waals surface area contributed by atoms with Crippen LogP contribution in [0.3, 0.4) is 0 Å². The summed E-state index contributed by atoms with van der Waals surface area (Å²) in [6.45, 7) is 6.21. The van der Waals surface area contributed by atoms with Gasteiger partial charge in [0.2, 0.25) is 0 Å². The number of aliphatic hydroxyl groups is 1. The minimum Gasteiger partial charge on any atom is -0.467 e. The molecule has 2 aromatic carbocycles. The van der Waals surface area contributed by atoms with E-state index >= 15 is 0 Å². The van der Waals surface area contributed by atoms with Gasteiger partial charge in [-0.1, -0.05) is 57.2 Å². The molecule has 0 aromatic heterocycles. The summed E-state index contributed by atoms with van der Waals surface area (Å²) in [6.07, 6.45) is -6.13. The quantitative estimate of drug-likeness (QED) is 0.672. The molecule has 1 amide bonds. The lowest BCUT2D eigenvalue weighted by Gasteiger charge is -2.21. The predicted molar refractivity (Wildman–Crippen MR) is 109 cm³/mol. The van der Waals surface area contributed by atoms with Crippen molar-refractivity contribution in [3.05, 3.63) is 70.8 Å². The zero-order valence-corrected chi connectivity index (χ0v) is 17.8. The first kappa shape index (κ1) is 24.4. The van der Waals surface area contributed by atoms with Crippen LogP contribution in [0.2, 0.25) is 0 Å². The molecule has 2 aromatic rings. The molecule has 2 N–H and O–H groups in total. The summed E-state index contributed by atoms with van der Waals surface area (Å²) in [5, 5.41) is 12.7. The molecule has 168 valence electrons. The fourth-order valence-electron chi connectivity index (χ4n) is 2.97. The van der Waals surface area contributed by atoms with Gasteiger partial charge in [-0.2, -0.15) is 13.2 Å². The molecule has 0 spiro atoms. The Hall–Kier alpha value is -2.87. The van der Waals surface area contributed by atoms with E-state index in [0.29, 0.717) is 0 Å². The Morgan fingerprint density at radius 1 is 0.968 bits per heavy atom. The number of hydrogen-bond donors (Lipinski definition) is 2. The smallest absolute Gasteiger partial charge is 0.416 e. The van der Waals surface area contributed by atoms with Crippen LogP contribution in [0.25, 0.3) is 0 Å². The second-order valence-corrected chi connectivity index (χ2v) is 8.26. The molecule has 8 heteroatoms. The molecule has 0 heterocycles. The monoisotopic (exact) mass is 437 g/mol. The number of esters is 1. The number of benzene rings is 2. The van der Waals surface area contributed by atoms with Gasteiger partial charge in [0.05, 0.1) is 12.7 Å². The molecule has 0 saturated carbocycles. The number of methoxy groups -OCH3 is 1. The molecular formula is C23H26F3NO4. The predicted octanol–water partition coefficient (Wildman–Crippen LogP) is 3.94. The van der Waals surface area contributed by atoms with Crippen LogP contribution in [0.4, 0.5) is 13.2 Å². The Bertz CT molecular complexity index is 900. The number of halogens is 3. The number of rotatable bonds is 6. The third kappa shape index (κ3) is 6.55. The van der Waals surface area contributed by atoms with Crippen molar-refractivity contribution in [2.75, 3.05) is 7.11 Å². The number of ether oxygens (including phenoxy) is 1. The maximum atomic E-state index is 12.7. The van der Waals surface area contributed by atoms with E-state index in [9.17, 15) is 27.9 Å². The molecule has 0 aliphatic carbocycles. The van der Waals surface area contributed by atoms with Crippen molar-refractivity contribution in [2.45, 2.75) is 50.9 Å². The highest BCUT2D eigenvalue weighted by molar-refractivity contribution is 5.87. The Morgan fingerprint density at radius 2 is 1.48 bits per heavy atom. The zero-order valence-electron chi connectivity index (χ0n) is 17.8. The van der Waals surface area contributed by atoms with Crippen molar-refractivity contribution >= 4 is 11.9 Å². The van der Waals surface area contributed by atoms with Crippen LogP contribution < -0.4 is 5.32 Å². The molecule has 0 bridgehead atoms. The standard InChI is InChI=1S/C23H26F3NO4/c1-22(2,3)16-9-5-14(6-10-16)13-18(21(30)31-4)27-20(29)19(28)15-7-11-17(12-8-15)23(24,25)26/h5-12,18-19,28H,13H2,1-4H3,(H,27,29)/t18-,19+/m0/s1. The van der Waals surface area contributed by atoms with Crippen LogP contribution in [-0.2, 0) is 32.3 Å². The number of alkyl halides is 3. The highest BCUT2D eigenvalue weighted by Crippen LogP contribution is 2.30. The van der Waals surface area contributed by atoms with Gasteiger partial charge in [-0.05, 0) is 34.2 Å². The van der Waals surface area contributed by atoms with Gasteiger partial charge in [0.25, 0.3) is 5.91 Å². The van der Waals surface area contributed by atoms with Crippen LogP contribution in [0, 0.1) is 0 Å². The SMILES string of the molecule is COC(=O)[C@H](Cc1ccc(C(C)(C)C)cc1)NC(=O)[C@H](O)c1ccc(C(F)(F)F)cc1. The van der Waals surface area contributed by atoms with E-state index < -0.39 is 35.8 Å². The molecule has 0 aliphatic heterocycles. The first-order valence-corrected chi connectivity index (χ1v) is 9.66. The van der Waals surface area contributed by atoms with Gasteiger partial charge in [-0.3, -0.25) is 4.79 Å². The molecule has 0 radical (unpaired) electrons. The maximum absolute atomic E-state index is 12.7. The Labute approximate surface area is 179 Å². The molecule has 0 aliphatic rings. The van der Waals surface area contributed by atoms with E-state index in [1.165, 1.54) is 7.11 Å². The van der Waals surface area contributed by atoms with E-state index in [-0.39, 0.29) is 17.4 Å². The van der Waals surface area contributed by atoms with Gasteiger partial charge in [-0.15, -0.1) is 0 Å². The van der Waals surface area contributed by atoms with E-state index in [2.05, 4.69) is 26.1 Å². The molecule has 5 nitrogen and oxygen atoms in total. The van der Waals surface area contributed by atoms with Crippen LogP contribution >= 0.6 is 0 Å². The van der Waals surface area contributed by atoms with Gasteiger partial charge >= 0.3 is 12.1 Å². The zero-order chi connectivity index (χ0) is 23.4. The van der Waals surface area contributed by atoms with Crippen LogP contribution in [0.5, 0.6) is 0 Å². The fourth-order valence-corrected chi connectivity index (χ4v) is 2.97. The molecular weight excluding hydrogens is 411 g/mol. The van der Waals surface area contributed by atoms with E-state index in [1.807, 2.05) is 24.3 Å². The summed E-state index contributed by atoms with van der Waals surface area (Å²) in [5.74, 6) is -1.62. The van der Waals surface area contributed by atoms with Crippen molar-refractivity contribution in [1.29, 1.82) is 0 Å². The number of carbonyl (C=O) groups excluding carboxylic acids is 2. The summed E-state index contributed by atoms with van der Waals surface area (Å²) in [4.78, 5) is 24.6. The number of amides is 1. The average Bonchev–Trinajstić information content (AvgIpc) is 2.71. The van der Waals surface area contributed by atoms with Crippen LogP contribution in [0.1, 0.15) is 49.1 Å². The van der Waals surface area contributed by atoms with Crippen LogP contribution in [0.15, 0.2) is 48.5 Å². The van der Waals surface area contributed by atoms with Gasteiger partial charge in [0, 0.05) is 6.42 Å². The van der Waals surface area contributed by atoms with Gasteiger partial charge in [0.15, 0.2) is 6.10 Å². The van der Waals surface area contributed by atoms with Crippen molar-refractivity contribution < 1.29 is 32.6 Å². The minimum atomic E-state index is -4.52. The van der Waals surface area contributed by atoms with Crippen molar-refractivity contribution in [3.8, 4) is 0 Å². The third-order valence-corrected chi connectivity index (χ3v) is 4.86. The lowest BCUT2D eigenvalue weighted by atomic mass is 9.86. The summed E-state index contributed by atoms with van der Waals surface area (Å²) in [7, 11) is 1.18. The van der Waals surface area contributed by atoms with Gasteiger partial charge in [-0.25, -0.2) is 4.79 Å². The third-order valence-electron chi connectivity index (χ3n) is 4.86. The molecule has 31 heavy (non-hydrogen) atoms. The summed E-state index contributed by atoms with van der Waals surface area (Å²) in [5.41, 5.74) is 0.916. The maximum Gasteiger partial charge on any atom is 0.416 e. The summed E-state index contributed by atoms with van der Waals surface area (Å²) < 4.78 is 42.8. The first-order chi connectivity index (χ1) is 14.3. The normalized spacial score (nSPS) is 13.9. The second-order valence-electron chi connectivity index (χ2n) is 8.26. The Morgan fingerprint density at radius 3 is 1.94 bits per heavy atom. The Balaban J connectivity index is 2.12. The highest BCUT2D eigenvalue weighted by atomic mass is 19.4. The average molecular weight is 437 g/mol. The molecule has 0 fully saturated rings. The molecule has 0 saturated heterocycles. The first-order valence-electron chi connectivity index (χ1n) is 9.66. The second kappa shape index (κ2) is 9.51. The number of nitrogens with one attached hydrogen (secondary N) is 1. The summed E-state index contributed by atoms with van der Waals surface area (Å²) in [6, 6.07) is 10.1. The summed E-state index contributed by atoms with van der Waals surface area (Å²) >= 11 is 0. The van der Waals surface area contributed by atoms with Crippen LogP contribution in [-0.4, -0.2) is 30.1 Å². The molecule has 0 unspecified atom stereocenters. The van der Waals surface area contributed by atoms with Crippen molar-refractivity contribution in [3.63, 3.8) is 0 Å². The fraction of sp³-hybridized carbons (Fsp3) is 0.391. The largest absolute Gasteiger partial charge is 0.467 e. The number of carbonyl (C=O) groups is 2. The number of aliphatic hydroxyl groups excluding tert-OH is 1. The number of hydrogen-bond acceptors (Lipinski definition) is 4. The van der Waals surface area contributed by atoms with E-state index in [4.69, 9.17) is 4.74 Å². The molecule has 2 rings (SSSR count). The van der Waals surface area contributed by atoms with Crippen molar-refractivity contribution in [2.24, 2.45) is 0 Å². The lowest BCUT2D eigenvalue weighted by Crippen LogP contribution is -2.45. The Kier molecular flexibility index (Phi) is 7.49.